The van der Waals surface area contributed by atoms with Gasteiger partial charge >= 0.3 is 0 Å². The normalized spacial score (nSPS) is 11.6. The second kappa shape index (κ2) is 5.00. The molecule has 2 aromatic rings. The lowest BCUT2D eigenvalue weighted by Crippen LogP contribution is -2.00. The molecule has 3 nitrogen and oxygen atoms in total. The number of pyridine rings is 1. The quantitative estimate of drug-likeness (QED) is 0.835. The lowest BCUT2D eigenvalue weighted by molar-refractivity contribution is -0.112. The van der Waals surface area contributed by atoms with Gasteiger partial charge in [-0.2, -0.15) is 0 Å². The number of benzene rings is 1. The maximum Gasteiger partial charge on any atom is 0.154 e. The van der Waals surface area contributed by atoms with Crippen molar-refractivity contribution in [1.82, 2.24) is 4.98 Å². The van der Waals surface area contributed by atoms with Crippen LogP contribution in [0.4, 0.5) is 5.69 Å². The molecule has 92 valence electrons. The molecule has 0 fully saturated rings. The largest absolute Gasteiger partial charge is 0.357 e. The molecule has 0 aliphatic carbocycles. The summed E-state index contributed by atoms with van der Waals surface area (Å²) in [5.41, 5.74) is 3.64. The summed E-state index contributed by atoms with van der Waals surface area (Å²) in [7, 11) is 0. The summed E-state index contributed by atoms with van der Waals surface area (Å²) < 4.78 is 0. The van der Waals surface area contributed by atoms with Crippen molar-refractivity contribution in [3.05, 3.63) is 47.8 Å². The Balaban J connectivity index is 2.45. The van der Waals surface area contributed by atoms with E-state index in [0.29, 0.717) is 0 Å². The Morgan fingerprint density at radius 3 is 2.72 bits per heavy atom. The van der Waals surface area contributed by atoms with Crippen molar-refractivity contribution >= 4 is 22.4 Å². The lowest BCUT2D eigenvalue weighted by Gasteiger charge is -2.09. The summed E-state index contributed by atoms with van der Waals surface area (Å²) in [6, 6.07) is 10.0. The minimum atomic E-state index is 0.0318. The smallest absolute Gasteiger partial charge is 0.154 e. The number of carbonyl (C=O) groups excluding carboxylic acids is 1. The Labute approximate surface area is 107 Å². The number of para-hydroxylation sites is 1. The van der Waals surface area contributed by atoms with Gasteiger partial charge in [-0.05, 0) is 39.0 Å². The molecule has 0 aliphatic heterocycles. The Kier molecular flexibility index (Phi) is 3.42. The van der Waals surface area contributed by atoms with Gasteiger partial charge in [0.15, 0.2) is 5.78 Å². The minimum absolute atomic E-state index is 0.0318. The Morgan fingerprint density at radius 2 is 2.00 bits per heavy atom. The maximum atomic E-state index is 11.0. The molecule has 0 unspecified atom stereocenters. The van der Waals surface area contributed by atoms with Gasteiger partial charge < -0.3 is 5.32 Å². The fraction of sp³-hybridized carbons (Fsp3) is 0.200. The molecule has 0 saturated carbocycles. The maximum absolute atomic E-state index is 11.0. The third-order valence-electron chi connectivity index (χ3n) is 2.61. The van der Waals surface area contributed by atoms with Gasteiger partial charge in [-0.25, -0.2) is 0 Å². The average molecular weight is 240 g/mol. The zero-order valence-corrected chi connectivity index (χ0v) is 10.8. The summed E-state index contributed by atoms with van der Waals surface area (Å²) in [6.07, 6.45) is 1.58. The molecule has 1 aromatic heterocycles. The number of hydrogen-bond acceptors (Lipinski definition) is 3. The van der Waals surface area contributed by atoms with Crippen molar-refractivity contribution < 1.29 is 4.79 Å². The number of aryl methyl sites for hydroxylation is 1. The number of fused-ring (bicyclic) bond motifs is 1. The van der Waals surface area contributed by atoms with Crippen LogP contribution in [0.25, 0.3) is 10.9 Å². The fourth-order valence-corrected chi connectivity index (χ4v) is 1.90. The zero-order valence-electron chi connectivity index (χ0n) is 10.8. The highest BCUT2D eigenvalue weighted by Crippen LogP contribution is 2.22. The number of nitrogens with one attached hydrogen (secondary N) is 1. The Hall–Kier alpha value is -2.16. The van der Waals surface area contributed by atoms with E-state index < -0.39 is 0 Å². The third-order valence-corrected chi connectivity index (χ3v) is 2.61. The minimum Gasteiger partial charge on any atom is -0.357 e. The fourth-order valence-electron chi connectivity index (χ4n) is 1.90. The number of anilines is 1. The first-order valence-corrected chi connectivity index (χ1v) is 5.88. The monoisotopic (exact) mass is 240 g/mol. The van der Waals surface area contributed by atoms with Gasteiger partial charge in [0, 0.05) is 16.8 Å². The number of hydrogen-bond donors (Lipinski definition) is 1. The molecule has 3 heteroatoms. The van der Waals surface area contributed by atoms with Crippen LogP contribution in [0.2, 0.25) is 0 Å². The van der Waals surface area contributed by atoms with Gasteiger partial charge in [0.1, 0.15) is 0 Å². The number of rotatable bonds is 3. The topological polar surface area (TPSA) is 42.0 Å². The van der Waals surface area contributed by atoms with E-state index in [9.17, 15) is 4.79 Å². The summed E-state index contributed by atoms with van der Waals surface area (Å²) in [6.45, 7) is 5.38. The standard InChI is InChI=1S/C15H16N2O/c1-10-7-8-13-5-4-6-14(15(13)17-10)16-11(2)9-12(3)18/h4-9,16H,1-3H3/b11-9+. The van der Waals surface area contributed by atoms with Crippen LogP contribution >= 0.6 is 0 Å². The lowest BCUT2D eigenvalue weighted by atomic mass is 10.1. The highest BCUT2D eigenvalue weighted by molar-refractivity contribution is 5.92. The van der Waals surface area contributed by atoms with Gasteiger partial charge in [0.25, 0.3) is 0 Å². The molecule has 0 radical (unpaired) electrons. The van der Waals surface area contributed by atoms with Crippen LogP contribution in [0.15, 0.2) is 42.1 Å². The second-order valence-corrected chi connectivity index (χ2v) is 4.39. The molecule has 1 heterocycles. The first kappa shape index (κ1) is 12.3. The van der Waals surface area contributed by atoms with Gasteiger partial charge in [-0.15, -0.1) is 0 Å². The predicted octanol–water partition coefficient (Wildman–Crippen LogP) is 3.45. The third kappa shape index (κ3) is 2.74. The van der Waals surface area contributed by atoms with E-state index in [2.05, 4.69) is 10.3 Å². The van der Waals surface area contributed by atoms with Crippen LogP contribution < -0.4 is 5.32 Å². The SMILES string of the molecule is CC(=O)/C=C(\C)Nc1cccc2ccc(C)nc12. The molecule has 1 aromatic carbocycles. The molecule has 2 rings (SSSR count). The van der Waals surface area contributed by atoms with Crippen molar-refractivity contribution in [3.8, 4) is 0 Å². The van der Waals surface area contributed by atoms with Crippen LogP contribution in [0.3, 0.4) is 0 Å². The van der Waals surface area contributed by atoms with E-state index in [4.69, 9.17) is 0 Å². The molecule has 0 atom stereocenters. The molecule has 0 amide bonds. The van der Waals surface area contributed by atoms with E-state index in [1.807, 2.05) is 44.2 Å². The molecular formula is C15H16N2O. The summed E-state index contributed by atoms with van der Waals surface area (Å²) in [5, 5.41) is 4.31. The highest BCUT2D eigenvalue weighted by atomic mass is 16.1. The van der Waals surface area contributed by atoms with Crippen LogP contribution in [0.5, 0.6) is 0 Å². The first-order chi connectivity index (χ1) is 8.56. The Bertz CT molecular complexity index is 629. The van der Waals surface area contributed by atoms with Crippen LogP contribution in [-0.4, -0.2) is 10.8 Å². The van der Waals surface area contributed by atoms with Gasteiger partial charge in [-0.3, -0.25) is 9.78 Å². The number of allylic oxidation sites excluding steroid dienone is 2. The van der Waals surface area contributed by atoms with Crippen molar-refractivity contribution in [1.29, 1.82) is 0 Å². The number of ketones is 1. The first-order valence-electron chi connectivity index (χ1n) is 5.88. The van der Waals surface area contributed by atoms with E-state index in [1.165, 1.54) is 6.92 Å². The van der Waals surface area contributed by atoms with Crippen LogP contribution in [-0.2, 0) is 4.79 Å². The van der Waals surface area contributed by atoms with E-state index in [0.717, 1.165) is 28.0 Å². The van der Waals surface area contributed by atoms with Crippen molar-refractivity contribution in [2.45, 2.75) is 20.8 Å². The molecule has 0 saturated heterocycles. The van der Waals surface area contributed by atoms with E-state index in [1.54, 1.807) is 6.08 Å². The van der Waals surface area contributed by atoms with Crippen LogP contribution in [0, 0.1) is 6.92 Å². The van der Waals surface area contributed by atoms with E-state index >= 15 is 0 Å². The predicted molar refractivity (Wildman–Crippen MR) is 74.5 cm³/mol. The van der Waals surface area contributed by atoms with Crippen molar-refractivity contribution in [2.24, 2.45) is 0 Å². The second-order valence-electron chi connectivity index (χ2n) is 4.39. The summed E-state index contributed by atoms with van der Waals surface area (Å²) in [4.78, 5) is 15.6. The van der Waals surface area contributed by atoms with E-state index in [-0.39, 0.29) is 5.78 Å². The molecular weight excluding hydrogens is 224 g/mol. The highest BCUT2D eigenvalue weighted by Gasteiger charge is 2.03. The number of aromatic nitrogens is 1. The zero-order chi connectivity index (χ0) is 13.1. The van der Waals surface area contributed by atoms with Crippen molar-refractivity contribution in [2.75, 3.05) is 5.32 Å². The molecule has 0 spiro atoms. The molecule has 0 bridgehead atoms. The summed E-state index contributed by atoms with van der Waals surface area (Å²) >= 11 is 0. The average Bonchev–Trinajstić information content (AvgIpc) is 2.28. The van der Waals surface area contributed by atoms with Crippen molar-refractivity contribution in [3.63, 3.8) is 0 Å². The van der Waals surface area contributed by atoms with Crippen LogP contribution in [0.1, 0.15) is 19.5 Å². The Morgan fingerprint density at radius 1 is 1.22 bits per heavy atom. The molecule has 1 N–H and O–H groups in total. The molecule has 18 heavy (non-hydrogen) atoms. The summed E-state index contributed by atoms with van der Waals surface area (Å²) in [5.74, 6) is 0.0318. The number of carbonyl (C=O) groups is 1. The van der Waals surface area contributed by atoms with Gasteiger partial charge in [0.2, 0.25) is 0 Å². The number of nitrogens with zero attached hydrogens (tertiary/aromatic N) is 1. The van der Waals surface area contributed by atoms with Gasteiger partial charge in [0.05, 0.1) is 11.2 Å². The van der Waals surface area contributed by atoms with Gasteiger partial charge in [-0.1, -0.05) is 18.2 Å². The molecule has 0 aliphatic rings.